The van der Waals surface area contributed by atoms with Gasteiger partial charge in [-0.3, -0.25) is 14.5 Å². The largest absolute Gasteiger partial charge is 0.353 e. The lowest BCUT2D eigenvalue weighted by Gasteiger charge is -2.33. The summed E-state index contributed by atoms with van der Waals surface area (Å²) in [5.41, 5.74) is 2.96. The highest BCUT2D eigenvalue weighted by atomic mass is 16.2. The predicted molar refractivity (Wildman–Crippen MR) is 98.4 cm³/mol. The van der Waals surface area contributed by atoms with Crippen LogP contribution in [0.1, 0.15) is 22.7 Å². The molecule has 5 nitrogen and oxygen atoms in total. The van der Waals surface area contributed by atoms with Crippen molar-refractivity contribution in [3.63, 3.8) is 0 Å². The molecule has 1 unspecified atom stereocenters. The fraction of sp³-hybridized carbons (Fsp3) is 0.227. The van der Waals surface area contributed by atoms with Crippen LogP contribution >= 0.6 is 0 Å². The third kappa shape index (κ3) is 2.16. The Kier molecular flexibility index (Phi) is 3.41. The number of likely N-dealkylation sites (tertiary alicyclic amines) is 1. The van der Waals surface area contributed by atoms with Crippen LogP contribution in [0.2, 0.25) is 0 Å². The van der Waals surface area contributed by atoms with Gasteiger partial charge in [0.2, 0.25) is 11.8 Å². The summed E-state index contributed by atoms with van der Waals surface area (Å²) >= 11 is 0. The van der Waals surface area contributed by atoms with Crippen LogP contribution in [0.3, 0.4) is 0 Å². The molecule has 2 aromatic carbocycles. The molecule has 0 bridgehead atoms. The number of carbonyl (C=O) groups is 2. The predicted octanol–water partition coefficient (Wildman–Crippen LogP) is 2.72. The molecule has 0 aromatic heterocycles. The molecule has 2 fully saturated rings. The Morgan fingerprint density at radius 3 is 2.41 bits per heavy atom. The lowest BCUT2D eigenvalue weighted by atomic mass is 9.85. The summed E-state index contributed by atoms with van der Waals surface area (Å²) in [7, 11) is 0. The van der Waals surface area contributed by atoms with Gasteiger partial charge >= 0.3 is 0 Å². The van der Waals surface area contributed by atoms with Crippen LogP contribution in [0.4, 0.5) is 0 Å². The van der Waals surface area contributed by atoms with E-state index in [1.807, 2.05) is 71.8 Å². The van der Waals surface area contributed by atoms with Gasteiger partial charge in [0, 0.05) is 6.20 Å². The van der Waals surface area contributed by atoms with Crippen molar-refractivity contribution in [3.8, 4) is 6.07 Å². The van der Waals surface area contributed by atoms with Crippen molar-refractivity contribution < 1.29 is 9.59 Å². The molecule has 2 amide bonds. The second kappa shape index (κ2) is 5.82. The molecule has 0 saturated carbocycles. The van der Waals surface area contributed by atoms with E-state index in [1.54, 1.807) is 0 Å². The number of rotatable bonds is 2. The molecule has 3 aliphatic rings. The first-order chi connectivity index (χ1) is 13.2. The smallest absolute Gasteiger partial charge is 0.236 e. The Balaban J connectivity index is 1.56. The third-order valence-corrected chi connectivity index (χ3v) is 5.87. The zero-order valence-corrected chi connectivity index (χ0v) is 14.5. The summed E-state index contributed by atoms with van der Waals surface area (Å²) in [6.45, 7) is 0.258. The van der Waals surface area contributed by atoms with E-state index in [9.17, 15) is 14.9 Å². The molecule has 2 saturated heterocycles. The number of fused-ring (bicyclic) bond motifs is 5. The molecule has 3 heterocycles. The fourth-order valence-electron chi connectivity index (χ4n) is 4.69. The zero-order valence-electron chi connectivity index (χ0n) is 14.5. The average Bonchev–Trinajstić information content (AvgIpc) is 3.17. The summed E-state index contributed by atoms with van der Waals surface area (Å²) in [6.07, 6.45) is 3.81. The van der Waals surface area contributed by atoms with E-state index in [0.717, 1.165) is 16.7 Å². The highest BCUT2D eigenvalue weighted by molar-refractivity contribution is 6.06. The van der Waals surface area contributed by atoms with Crippen molar-refractivity contribution in [2.24, 2.45) is 11.8 Å². The van der Waals surface area contributed by atoms with E-state index in [4.69, 9.17) is 0 Å². The summed E-state index contributed by atoms with van der Waals surface area (Å²) in [5, 5.41) is 9.77. The molecular formula is C22H17N3O2. The fourth-order valence-corrected chi connectivity index (χ4v) is 4.69. The monoisotopic (exact) mass is 355 g/mol. The molecule has 0 radical (unpaired) electrons. The van der Waals surface area contributed by atoms with Gasteiger partial charge in [-0.1, -0.05) is 54.6 Å². The zero-order chi connectivity index (χ0) is 18.5. The van der Waals surface area contributed by atoms with Crippen molar-refractivity contribution in [1.82, 2.24) is 9.80 Å². The number of hydrogen-bond donors (Lipinski definition) is 0. The number of imide groups is 1. The molecular weight excluding hydrogens is 338 g/mol. The maximum atomic E-state index is 13.3. The Labute approximate surface area is 157 Å². The number of nitrogens with zero attached hydrogens (tertiary/aromatic N) is 3. The van der Waals surface area contributed by atoms with E-state index in [2.05, 4.69) is 6.07 Å². The molecule has 132 valence electrons. The Bertz CT molecular complexity index is 1010. The van der Waals surface area contributed by atoms with E-state index >= 15 is 0 Å². The Morgan fingerprint density at radius 1 is 0.926 bits per heavy atom. The van der Waals surface area contributed by atoms with E-state index < -0.39 is 17.9 Å². The molecule has 5 rings (SSSR count). The van der Waals surface area contributed by atoms with E-state index in [0.29, 0.717) is 0 Å². The third-order valence-electron chi connectivity index (χ3n) is 5.87. The van der Waals surface area contributed by atoms with Gasteiger partial charge in [0.05, 0.1) is 30.5 Å². The second-order valence-corrected chi connectivity index (χ2v) is 7.21. The molecule has 4 atom stereocenters. The van der Waals surface area contributed by atoms with Crippen molar-refractivity contribution in [2.75, 3.05) is 0 Å². The SMILES string of the molecule is N#C[C@@H]1[C@@H]2C(=O)N(Cc3ccccc3)C(=O)[C@@H]2C2c3ccccc3C=CN21. The van der Waals surface area contributed by atoms with Crippen molar-refractivity contribution in [3.05, 3.63) is 77.5 Å². The quantitative estimate of drug-likeness (QED) is 0.777. The van der Waals surface area contributed by atoms with Crippen LogP contribution < -0.4 is 0 Å². The first-order valence-electron chi connectivity index (χ1n) is 9.04. The number of benzene rings is 2. The van der Waals surface area contributed by atoms with Gasteiger partial charge in [0.1, 0.15) is 6.04 Å². The maximum Gasteiger partial charge on any atom is 0.236 e. The van der Waals surface area contributed by atoms with Gasteiger partial charge < -0.3 is 4.90 Å². The minimum Gasteiger partial charge on any atom is -0.353 e. The minimum atomic E-state index is -0.623. The maximum absolute atomic E-state index is 13.3. The number of amides is 2. The standard InChI is InChI=1S/C22H17N3O2/c23-12-17-18-19(20-16-9-5-4-8-15(16)10-11-24(17)20)22(27)25(21(18)26)13-14-6-2-1-3-7-14/h1-11,17-20H,13H2/t17-,18+,19+,20?/m1/s1. The number of carbonyl (C=O) groups excluding carboxylic acids is 2. The summed E-state index contributed by atoms with van der Waals surface area (Å²) < 4.78 is 0. The average molecular weight is 355 g/mol. The Hall–Kier alpha value is -3.39. The lowest BCUT2D eigenvalue weighted by Crippen LogP contribution is -2.39. The van der Waals surface area contributed by atoms with Gasteiger partial charge in [-0.25, -0.2) is 0 Å². The minimum absolute atomic E-state index is 0.174. The molecule has 27 heavy (non-hydrogen) atoms. The van der Waals surface area contributed by atoms with Crippen molar-refractivity contribution >= 4 is 17.9 Å². The van der Waals surface area contributed by atoms with E-state index in [-0.39, 0.29) is 24.4 Å². The molecule has 0 N–H and O–H groups in total. The molecule has 0 aliphatic carbocycles. The van der Waals surface area contributed by atoms with Gasteiger partial charge in [-0.2, -0.15) is 5.26 Å². The van der Waals surface area contributed by atoms with Crippen LogP contribution in [0.25, 0.3) is 6.08 Å². The van der Waals surface area contributed by atoms with Gasteiger partial charge in [0.25, 0.3) is 0 Å². The van der Waals surface area contributed by atoms with Crippen LogP contribution in [0.5, 0.6) is 0 Å². The van der Waals surface area contributed by atoms with Gasteiger partial charge in [-0.05, 0) is 22.8 Å². The second-order valence-electron chi connectivity index (χ2n) is 7.21. The molecule has 3 aliphatic heterocycles. The molecule has 5 heteroatoms. The van der Waals surface area contributed by atoms with Crippen LogP contribution in [0, 0.1) is 23.2 Å². The van der Waals surface area contributed by atoms with E-state index in [1.165, 1.54) is 4.90 Å². The highest BCUT2D eigenvalue weighted by Gasteiger charge is 2.62. The normalized spacial score (nSPS) is 28.0. The summed E-state index contributed by atoms with van der Waals surface area (Å²) in [5.74, 6) is -1.55. The van der Waals surface area contributed by atoms with Crippen LogP contribution in [-0.2, 0) is 16.1 Å². The van der Waals surface area contributed by atoms with Crippen molar-refractivity contribution in [1.29, 1.82) is 5.26 Å². The first kappa shape index (κ1) is 15.8. The molecule has 2 aromatic rings. The van der Waals surface area contributed by atoms with Gasteiger partial charge in [-0.15, -0.1) is 0 Å². The van der Waals surface area contributed by atoms with Crippen LogP contribution in [-0.4, -0.2) is 27.7 Å². The first-order valence-corrected chi connectivity index (χ1v) is 9.04. The number of hydrogen-bond acceptors (Lipinski definition) is 4. The highest BCUT2D eigenvalue weighted by Crippen LogP contribution is 2.52. The van der Waals surface area contributed by atoms with Gasteiger partial charge in [0.15, 0.2) is 0 Å². The number of nitriles is 1. The lowest BCUT2D eigenvalue weighted by molar-refractivity contribution is -0.141. The van der Waals surface area contributed by atoms with Crippen LogP contribution in [0.15, 0.2) is 60.8 Å². The van der Waals surface area contributed by atoms with Crippen molar-refractivity contribution in [2.45, 2.75) is 18.6 Å². The molecule has 0 spiro atoms. The summed E-state index contributed by atoms with van der Waals surface area (Å²) in [6, 6.07) is 18.8. The summed E-state index contributed by atoms with van der Waals surface area (Å²) in [4.78, 5) is 29.6. The Morgan fingerprint density at radius 2 is 1.63 bits per heavy atom. The topological polar surface area (TPSA) is 64.4 Å².